The van der Waals surface area contributed by atoms with Crippen LogP contribution in [-0.2, 0) is 0 Å². The molecular formula is C16H13F2NO3. The molecule has 1 aliphatic heterocycles. The summed E-state index contributed by atoms with van der Waals surface area (Å²) in [5.74, 6) is -0.297. The Hall–Kier alpha value is -2.63. The minimum Gasteiger partial charge on any atom is -0.395 e. The van der Waals surface area contributed by atoms with E-state index >= 15 is 0 Å². The zero-order chi connectivity index (χ0) is 15.7. The number of fused-ring (bicyclic) bond motifs is 1. The maximum absolute atomic E-state index is 13.0. The molecule has 0 saturated heterocycles. The molecule has 2 aromatic carbocycles. The van der Waals surface area contributed by atoms with Crippen molar-refractivity contribution in [1.29, 1.82) is 0 Å². The molecular weight excluding hydrogens is 292 g/mol. The van der Waals surface area contributed by atoms with Crippen molar-refractivity contribution in [2.75, 3.05) is 0 Å². The summed E-state index contributed by atoms with van der Waals surface area (Å²) in [6, 6.07) is 12.8. The minimum absolute atomic E-state index is 0.0182. The van der Waals surface area contributed by atoms with Crippen LogP contribution in [0.15, 0.2) is 48.5 Å². The fourth-order valence-corrected chi connectivity index (χ4v) is 2.19. The van der Waals surface area contributed by atoms with Crippen LogP contribution in [0, 0.1) is 0 Å². The summed E-state index contributed by atoms with van der Waals surface area (Å²) in [6.07, 6.45) is -3.64. The first-order valence-corrected chi connectivity index (χ1v) is 6.70. The highest BCUT2D eigenvalue weighted by atomic mass is 19.3. The monoisotopic (exact) mass is 305 g/mol. The van der Waals surface area contributed by atoms with E-state index in [9.17, 15) is 13.6 Å². The van der Waals surface area contributed by atoms with Crippen LogP contribution in [0.1, 0.15) is 28.9 Å². The predicted octanol–water partition coefficient (Wildman–Crippen LogP) is 3.50. The van der Waals surface area contributed by atoms with E-state index in [1.54, 1.807) is 37.3 Å². The van der Waals surface area contributed by atoms with Crippen molar-refractivity contribution >= 4 is 5.91 Å². The molecule has 1 aliphatic rings. The summed E-state index contributed by atoms with van der Waals surface area (Å²) in [7, 11) is 0. The summed E-state index contributed by atoms with van der Waals surface area (Å²) in [5.41, 5.74) is 1.17. The van der Waals surface area contributed by atoms with Gasteiger partial charge in [0, 0.05) is 5.56 Å². The smallest absolute Gasteiger partial charge is 0.395 e. The lowest BCUT2D eigenvalue weighted by Crippen LogP contribution is -2.26. The van der Waals surface area contributed by atoms with E-state index in [0.29, 0.717) is 11.1 Å². The molecule has 1 atom stereocenters. The number of nitrogens with one attached hydrogen (secondary N) is 1. The van der Waals surface area contributed by atoms with Gasteiger partial charge >= 0.3 is 6.29 Å². The summed E-state index contributed by atoms with van der Waals surface area (Å²) in [5, 5.41) is 2.80. The molecule has 0 radical (unpaired) electrons. The molecule has 1 amide bonds. The Bertz CT molecular complexity index is 704. The summed E-state index contributed by atoms with van der Waals surface area (Å²) >= 11 is 0. The zero-order valence-electron chi connectivity index (χ0n) is 11.7. The Morgan fingerprint density at radius 1 is 1.09 bits per heavy atom. The molecule has 0 aromatic heterocycles. The highest BCUT2D eigenvalue weighted by Gasteiger charge is 2.43. The number of hydrogen-bond donors (Lipinski definition) is 1. The van der Waals surface area contributed by atoms with E-state index in [0.717, 1.165) is 0 Å². The van der Waals surface area contributed by atoms with Gasteiger partial charge in [-0.2, -0.15) is 0 Å². The van der Waals surface area contributed by atoms with Gasteiger partial charge < -0.3 is 14.8 Å². The van der Waals surface area contributed by atoms with Gasteiger partial charge in [0.25, 0.3) is 5.91 Å². The predicted molar refractivity (Wildman–Crippen MR) is 75.0 cm³/mol. The first-order valence-electron chi connectivity index (χ1n) is 6.70. The van der Waals surface area contributed by atoms with E-state index < -0.39 is 6.29 Å². The molecule has 0 bridgehead atoms. The number of ether oxygens (including phenoxy) is 2. The molecule has 0 saturated carbocycles. The number of hydrogen-bond acceptors (Lipinski definition) is 3. The van der Waals surface area contributed by atoms with Crippen molar-refractivity contribution in [3.05, 3.63) is 59.7 Å². The fraction of sp³-hybridized carbons (Fsp3) is 0.188. The Labute approximate surface area is 125 Å². The molecule has 0 spiro atoms. The Balaban J connectivity index is 1.74. The summed E-state index contributed by atoms with van der Waals surface area (Å²) in [6.45, 7) is 1.76. The van der Waals surface area contributed by atoms with Gasteiger partial charge in [-0.25, -0.2) is 0 Å². The van der Waals surface area contributed by atoms with Crippen molar-refractivity contribution < 1.29 is 23.0 Å². The van der Waals surface area contributed by atoms with E-state index in [-0.39, 0.29) is 23.4 Å². The van der Waals surface area contributed by atoms with E-state index in [2.05, 4.69) is 14.8 Å². The first kappa shape index (κ1) is 14.3. The van der Waals surface area contributed by atoms with Crippen LogP contribution in [0.3, 0.4) is 0 Å². The third-order valence-corrected chi connectivity index (χ3v) is 3.31. The van der Waals surface area contributed by atoms with Crippen molar-refractivity contribution in [3.63, 3.8) is 0 Å². The molecule has 1 heterocycles. The Kier molecular flexibility index (Phi) is 3.44. The summed E-state index contributed by atoms with van der Waals surface area (Å²) < 4.78 is 34.7. The van der Waals surface area contributed by atoms with Gasteiger partial charge in [0.1, 0.15) is 0 Å². The number of alkyl halides is 2. The number of carbonyl (C=O) groups is 1. The van der Waals surface area contributed by atoms with Crippen LogP contribution in [0.2, 0.25) is 0 Å². The normalized spacial score (nSPS) is 16.1. The van der Waals surface area contributed by atoms with E-state index in [1.165, 1.54) is 12.1 Å². The average Bonchev–Trinajstić information content (AvgIpc) is 2.80. The lowest BCUT2D eigenvalue weighted by molar-refractivity contribution is -0.286. The zero-order valence-corrected chi connectivity index (χ0v) is 11.7. The molecule has 114 valence electrons. The van der Waals surface area contributed by atoms with Crippen LogP contribution in [0.5, 0.6) is 11.5 Å². The largest absolute Gasteiger partial charge is 0.586 e. The molecule has 1 N–H and O–H groups in total. The Morgan fingerprint density at radius 2 is 1.77 bits per heavy atom. The third kappa shape index (κ3) is 2.86. The quantitative estimate of drug-likeness (QED) is 0.944. The number of benzene rings is 2. The second kappa shape index (κ2) is 5.29. The first-order chi connectivity index (χ1) is 10.4. The summed E-state index contributed by atoms with van der Waals surface area (Å²) in [4.78, 5) is 12.1. The van der Waals surface area contributed by atoms with Crippen LogP contribution in [0.25, 0.3) is 0 Å². The van der Waals surface area contributed by atoms with Crippen LogP contribution >= 0.6 is 0 Å². The maximum Gasteiger partial charge on any atom is 0.586 e. The maximum atomic E-state index is 13.0. The number of carbonyl (C=O) groups excluding carboxylic acids is 1. The molecule has 22 heavy (non-hydrogen) atoms. The van der Waals surface area contributed by atoms with Crippen molar-refractivity contribution in [2.24, 2.45) is 0 Å². The third-order valence-electron chi connectivity index (χ3n) is 3.31. The fourth-order valence-electron chi connectivity index (χ4n) is 2.19. The lowest BCUT2D eigenvalue weighted by atomic mass is 10.1. The molecule has 1 unspecified atom stereocenters. The van der Waals surface area contributed by atoms with Crippen molar-refractivity contribution in [2.45, 2.75) is 19.3 Å². The SMILES string of the molecule is CC(NC(=O)c1ccccc1)c1ccc2c(c1)OC(F)(F)O2. The van der Waals surface area contributed by atoms with E-state index in [1.807, 2.05) is 6.07 Å². The van der Waals surface area contributed by atoms with Crippen LogP contribution < -0.4 is 14.8 Å². The number of halogens is 2. The number of amides is 1. The number of rotatable bonds is 3. The van der Waals surface area contributed by atoms with Crippen LogP contribution in [0.4, 0.5) is 8.78 Å². The minimum atomic E-state index is -3.64. The topological polar surface area (TPSA) is 47.6 Å². The van der Waals surface area contributed by atoms with Gasteiger partial charge in [-0.05, 0) is 36.8 Å². The highest BCUT2D eigenvalue weighted by molar-refractivity contribution is 5.94. The van der Waals surface area contributed by atoms with Gasteiger partial charge in [-0.1, -0.05) is 24.3 Å². The average molecular weight is 305 g/mol. The van der Waals surface area contributed by atoms with Gasteiger partial charge in [-0.15, -0.1) is 8.78 Å². The van der Waals surface area contributed by atoms with Gasteiger partial charge in [-0.3, -0.25) is 4.79 Å². The standard InChI is InChI=1S/C16H13F2NO3/c1-10(19-15(20)11-5-3-2-4-6-11)12-7-8-13-14(9-12)22-16(17,18)21-13/h2-10H,1H3,(H,19,20). The van der Waals surface area contributed by atoms with Gasteiger partial charge in [0.15, 0.2) is 11.5 Å². The molecule has 4 nitrogen and oxygen atoms in total. The molecule has 2 aromatic rings. The second-order valence-electron chi connectivity index (χ2n) is 4.93. The molecule has 3 rings (SSSR count). The highest BCUT2D eigenvalue weighted by Crippen LogP contribution is 2.41. The molecule has 0 aliphatic carbocycles. The lowest BCUT2D eigenvalue weighted by Gasteiger charge is -2.14. The van der Waals surface area contributed by atoms with E-state index in [4.69, 9.17) is 0 Å². The van der Waals surface area contributed by atoms with Crippen LogP contribution in [-0.4, -0.2) is 12.2 Å². The van der Waals surface area contributed by atoms with Crippen molar-refractivity contribution in [3.8, 4) is 11.5 Å². The van der Waals surface area contributed by atoms with Gasteiger partial charge in [0.2, 0.25) is 0 Å². The van der Waals surface area contributed by atoms with Crippen molar-refractivity contribution in [1.82, 2.24) is 5.32 Å². The van der Waals surface area contributed by atoms with Gasteiger partial charge in [0.05, 0.1) is 6.04 Å². The Morgan fingerprint density at radius 3 is 2.50 bits per heavy atom. The molecule has 0 fully saturated rings. The molecule has 6 heteroatoms. The second-order valence-corrected chi connectivity index (χ2v) is 4.93.